The van der Waals surface area contributed by atoms with Crippen LogP contribution >= 0.6 is 11.8 Å². The lowest BCUT2D eigenvalue weighted by molar-refractivity contribution is 0.150. The highest BCUT2D eigenvalue weighted by Gasteiger charge is 2.26. The zero-order valence-electron chi connectivity index (χ0n) is 9.36. The van der Waals surface area contributed by atoms with Gasteiger partial charge in [0.05, 0.1) is 6.10 Å². The lowest BCUT2D eigenvalue weighted by Gasteiger charge is -2.15. The highest BCUT2D eigenvalue weighted by Crippen LogP contribution is 2.28. The number of thioether (sulfide) groups is 1. The van der Waals surface area contributed by atoms with E-state index >= 15 is 0 Å². The van der Waals surface area contributed by atoms with E-state index in [1.54, 1.807) is 0 Å². The number of hydrogen-bond acceptors (Lipinski definition) is 2. The topological polar surface area (TPSA) is 20.2 Å². The molecule has 0 saturated carbocycles. The fraction of sp³-hybridized carbons (Fsp3) is 0.538. The Hall–Kier alpha value is -0.470. The minimum absolute atomic E-state index is 0.102. The van der Waals surface area contributed by atoms with E-state index in [1.165, 1.54) is 16.7 Å². The summed E-state index contributed by atoms with van der Waals surface area (Å²) in [7, 11) is 0. The average Bonchev–Trinajstić information content (AvgIpc) is 2.58. The molecule has 0 aromatic heterocycles. The number of rotatable bonds is 2. The Balaban J connectivity index is 2.12. The molecule has 1 aliphatic rings. The van der Waals surface area contributed by atoms with Crippen LogP contribution in [0.5, 0.6) is 0 Å². The molecular weight excluding hydrogens is 204 g/mol. The second kappa shape index (κ2) is 4.58. The van der Waals surface area contributed by atoms with Crippen molar-refractivity contribution in [3.05, 3.63) is 34.9 Å². The summed E-state index contributed by atoms with van der Waals surface area (Å²) in [5, 5.41) is 9.79. The molecule has 0 radical (unpaired) electrons. The third-order valence-electron chi connectivity index (χ3n) is 3.15. The van der Waals surface area contributed by atoms with E-state index < -0.39 is 0 Å². The third-order valence-corrected chi connectivity index (χ3v) is 4.39. The van der Waals surface area contributed by atoms with Crippen LogP contribution in [0.2, 0.25) is 0 Å². The van der Waals surface area contributed by atoms with Crippen molar-refractivity contribution in [3.8, 4) is 0 Å². The summed E-state index contributed by atoms with van der Waals surface area (Å²) in [6.45, 7) is 4.28. The first-order valence-corrected chi connectivity index (χ1v) is 6.64. The van der Waals surface area contributed by atoms with Gasteiger partial charge in [0.15, 0.2) is 0 Å². The van der Waals surface area contributed by atoms with Crippen LogP contribution in [-0.2, 0) is 6.42 Å². The van der Waals surface area contributed by atoms with Gasteiger partial charge in [-0.3, -0.25) is 0 Å². The summed E-state index contributed by atoms with van der Waals surface area (Å²) in [6, 6.07) is 6.59. The minimum atomic E-state index is -0.102. The molecule has 82 valence electrons. The highest BCUT2D eigenvalue weighted by atomic mass is 32.2. The first-order valence-electron chi connectivity index (χ1n) is 5.49. The van der Waals surface area contributed by atoms with Crippen molar-refractivity contribution in [1.29, 1.82) is 0 Å². The van der Waals surface area contributed by atoms with E-state index in [4.69, 9.17) is 0 Å². The van der Waals surface area contributed by atoms with Crippen LogP contribution in [0.3, 0.4) is 0 Å². The van der Waals surface area contributed by atoms with Crippen molar-refractivity contribution in [1.82, 2.24) is 0 Å². The Morgan fingerprint density at radius 2 is 2.13 bits per heavy atom. The van der Waals surface area contributed by atoms with Crippen LogP contribution in [-0.4, -0.2) is 22.7 Å². The van der Waals surface area contributed by atoms with Gasteiger partial charge in [-0.05, 0) is 43.1 Å². The van der Waals surface area contributed by atoms with Gasteiger partial charge in [0.2, 0.25) is 0 Å². The zero-order chi connectivity index (χ0) is 10.8. The third kappa shape index (κ3) is 2.56. The molecule has 1 saturated heterocycles. The van der Waals surface area contributed by atoms with Gasteiger partial charge in [-0.2, -0.15) is 11.8 Å². The molecule has 0 aliphatic carbocycles. The fourth-order valence-electron chi connectivity index (χ4n) is 2.08. The van der Waals surface area contributed by atoms with E-state index in [9.17, 15) is 5.11 Å². The summed E-state index contributed by atoms with van der Waals surface area (Å²) in [5.74, 6) is 2.47. The fourth-order valence-corrected chi connectivity index (χ4v) is 3.38. The molecular formula is C13H18OS. The van der Waals surface area contributed by atoms with E-state index in [0.717, 1.165) is 17.9 Å². The smallest absolute Gasteiger partial charge is 0.0669 e. The van der Waals surface area contributed by atoms with Crippen molar-refractivity contribution in [3.63, 3.8) is 0 Å². The number of aliphatic hydroxyl groups is 1. The predicted octanol–water partition coefficient (Wildman–Crippen LogP) is 2.57. The minimum Gasteiger partial charge on any atom is -0.392 e. The molecule has 1 aromatic carbocycles. The Kier molecular flexibility index (Phi) is 3.37. The number of aliphatic hydroxyl groups excluding tert-OH is 1. The van der Waals surface area contributed by atoms with E-state index in [-0.39, 0.29) is 6.10 Å². The Bertz CT molecular complexity index is 348. The summed E-state index contributed by atoms with van der Waals surface area (Å²) >= 11 is 1.87. The van der Waals surface area contributed by atoms with Crippen LogP contribution in [0.15, 0.2) is 18.2 Å². The second-order valence-corrected chi connectivity index (χ2v) is 5.57. The van der Waals surface area contributed by atoms with E-state index in [1.807, 2.05) is 11.8 Å². The number of benzene rings is 1. The van der Waals surface area contributed by atoms with Crippen LogP contribution in [0, 0.1) is 19.8 Å². The largest absolute Gasteiger partial charge is 0.392 e. The van der Waals surface area contributed by atoms with Gasteiger partial charge in [-0.15, -0.1) is 0 Å². The SMILES string of the molecule is Cc1ccc(C)c(CC2CSCC2O)c1. The van der Waals surface area contributed by atoms with Crippen LogP contribution in [0.1, 0.15) is 16.7 Å². The van der Waals surface area contributed by atoms with Gasteiger partial charge in [-0.25, -0.2) is 0 Å². The molecule has 2 atom stereocenters. The molecule has 1 nitrogen and oxygen atoms in total. The average molecular weight is 222 g/mol. The molecule has 1 N–H and O–H groups in total. The molecule has 0 spiro atoms. The quantitative estimate of drug-likeness (QED) is 0.830. The van der Waals surface area contributed by atoms with Crippen molar-refractivity contribution in [2.24, 2.45) is 5.92 Å². The highest BCUT2D eigenvalue weighted by molar-refractivity contribution is 7.99. The molecule has 0 amide bonds. The molecule has 2 heteroatoms. The molecule has 2 rings (SSSR count). The molecule has 1 aliphatic heterocycles. The first-order chi connectivity index (χ1) is 7.16. The van der Waals surface area contributed by atoms with Crippen molar-refractivity contribution in [2.75, 3.05) is 11.5 Å². The van der Waals surface area contributed by atoms with Crippen LogP contribution < -0.4 is 0 Å². The molecule has 2 unspecified atom stereocenters. The molecule has 1 fully saturated rings. The van der Waals surface area contributed by atoms with Gasteiger partial charge in [0.1, 0.15) is 0 Å². The summed E-state index contributed by atoms with van der Waals surface area (Å²) in [5.41, 5.74) is 4.07. The maximum Gasteiger partial charge on any atom is 0.0669 e. The van der Waals surface area contributed by atoms with E-state index in [0.29, 0.717) is 5.92 Å². The van der Waals surface area contributed by atoms with Crippen LogP contribution in [0.4, 0.5) is 0 Å². The normalized spacial score (nSPS) is 25.8. The van der Waals surface area contributed by atoms with E-state index in [2.05, 4.69) is 32.0 Å². The maximum atomic E-state index is 9.79. The van der Waals surface area contributed by atoms with Crippen molar-refractivity contribution in [2.45, 2.75) is 26.4 Å². The van der Waals surface area contributed by atoms with Gasteiger partial charge in [-0.1, -0.05) is 23.8 Å². The molecule has 0 bridgehead atoms. The van der Waals surface area contributed by atoms with Crippen molar-refractivity contribution < 1.29 is 5.11 Å². The standard InChI is InChI=1S/C13H18OS/c1-9-3-4-10(2)11(5-9)6-12-7-15-8-13(12)14/h3-5,12-14H,6-8H2,1-2H3. The second-order valence-electron chi connectivity index (χ2n) is 4.50. The summed E-state index contributed by atoms with van der Waals surface area (Å²) in [6.07, 6.45) is 0.928. The molecule has 15 heavy (non-hydrogen) atoms. The molecule has 1 heterocycles. The Morgan fingerprint density at radius 1 is 1.33 bits per heavy atom. The Morgan fingerprint density at radius 3 is 2.80 bits per heavy atom. The maximum absolute atomic E-state index is 9.79. The van der Waals surface area contributed by atoms with Crippen molar-refractivity contribution >= 4 is 11.8 Å². The monoisotopic (exact) mass is 222 g/mol. The summed E-state index contributed by atoms with van der Waals surface area (Å²) < 4.78 is 0. The molecule has 1 aromatic rings. The van der Waals surface area contributed by atoms with Gasteiger partial charge < -0.3 is 5.11 Å². The first kappa shape index (κ1) is 11.0. The van der Waals surface area contributed by atoms with Crippen LogP contribution in [0.25, 0.3) is 0 Å². The number of hydrogen-bond donors (Lipinski definition) is 1. The number of aryl methyl sites for hydroxylation is 2. The lowest BCUT2D eigenvalue weighted by atomic mass is 9.93. The Labute approximate surface area is 95.9 Å². The predicted molar refractivity (Wildman–Crippen MR) is 66.4 cm³/mol. The van der Waals surface area contributed by atoms with Gasteiger partial charge in [0, 0.05) is 5.75 Å². The summed E-state index contributed by atoms with van der Waals surface area (Å²) in [4.78, 5) is 0. The lowest BCUT2D eigenvalue weighted by Crippen LogP contribution is -2.20. The van der Waals surface area contributed by atoms with Gasteiger partial charge >= 0.3 is 0 Å². The zero-order valence-corrected chi connectivity index (χ0v) is 10.2. The van der Waals surface area contributed by atoms with Gasteiger partial charge in [0.25, 0.3) is 0 Å².